The molecule has 9 heavy (non-hydrogen) atoms. The Morgan fingerprint density at radius 3 is 3.00 bits per heavy atom. The molecule has 0 aliphatic carbocycles. The first-order valence-corrected chi connectivity index (χ1v) is 3.69. The summed E-state index contributed by atoms with van der Waals surface area (Å²) in [5, 5.41) is 2.76. The highest BCUT2D eigenvalue weighted by Gasteiger charge is 2.19. The fourth-order valence-corrected chi connectivity index (χ4v) is 1.33. The van der Waals surface area contributed by atoms with E-state index in [9.17, 15) is 4.79 Å². The van der Waals surface area contributed by atoms with Crippen LogP contribution < -0.4 is 5.32 Å². The van der Waals surface area contributed by atoms with E-state index in [2.05, 4.69) is 5.32 Å². The van der Waals surface area contributed by atoms with Gasteiger partial charge < -0.3 is 5.32 Å². The Bertz CT molecular complexity index is 116. The normalized spacial score (nSPS) is 26.3. The monoisotopic (exact) mass is 147 g/mol. The van der Waals surface area contributed by atoms with Crippen LogP contribution in [0, 0.1) is 5.92 Å². The fraction of sp³-hybridized carbons (Fsp3) is 0.833. The van der Waals surface area contributed by atoms with Crippen LogP contribution in [0.15, 0.2) is 0 Å². The highest BCUT2D eigenvalue weighted by molar-refractivity contribution is 6.17. The first-order chi connectivity index (χ1) is 4.33. The van der Waals surface area contributed by atoms with Crippen molar-refractivity contribution in [3.8, 4) is 0 Å². The minimum absolute atomic E-state index is 0.171. The van der Waals surface area contributed by atoms with Gasteiger partial charge in [0.25, 0.3) is 0 Å². The van der Waals surface area contributed by atoms with Crippen LogP contribution >= 0.6 is 11.6 Å². The van der Waals surface area contributed by atoms with Gasteiger partial charge in [0.1, 0.15) is 0 Å². The molecule has 1 N–H and O–H groups in total. The number of hydrogen-bond donors (Lipinski definition) is 1. The van der Waals surface area contributed by atoms with E-state index in [1.165, 1.54) is 0 Å². The predicted octanol–water partition coefficient (Wildman–Crippen LogP) is 0.751. The predicted molar refractivity (Wildman–Crippen MR) is 36.5 cm³/mol. The molecule has 52 valence electrons. The molecule has 0 aromatic heterocycles. The molecule has 0 bridgehead atoms. The smallest absolute Gasteiger partial charge is 0.220 e. The zero-order valence-electron chi connectivity index (χ0n) is 5.19. The molecule has 1 saturated heterocycles. The van der Waals surface area contributed by atoms with Gasteiger partial charge in [0.05, 0.1) is 0 Å². The molecule has 0 aromatic rings. The maximum absolute atomic E-state index is 10.6. The van der Waals surface area contributed by atoms with Gasteiger partial charge in [-0.15, -0.1) is 11.6 Å². The molecular weight excluding hydrogens is 138 g/mol. The third-order valence-corrected chi connectivity index (χ3v) is 1.80. The van der Waals surface area contributed by atoms with Crippen LogP contribution in [-0.2, 0) is 4.79 Å². The molecule has 3 heteroatoms. The van der Waals surface area contributed by atoms with E-state index in [1.54, 1.807) is 0 Å². The van der Waals surface area contributed by atoms with E-state index in [0.29, 0.717) is 18.2 Å². The first kappa shape index (κ1) is 6.87. The molecule has 1 aliphatic heterocycles. The number of carbonyl (C=O) groups is 1. The number of alkyl halides is 1. The molecular formula is C6H10ClNO. The third-order valence-electron chi connectivity index (χ3n) is 1.58. The summed E-state index contributed by atoms with van der Waals surface area (Å²) in [5.41, 5.74) is 0. The average Bonchev–Trinajstić information content (AvgIpc) is 2.17. The SMILES string of the molecule is O=C1CC(CCCl)CN1. The molecule has 0 spiro atoms. The summed E-state index contributed by atoms with van der Waals surface area (Å²) in [4.78, 5) is 10.6. The van der Waals surface area contributed by atoms with Crippen molar-refractivity contribution >= 4 is 17.5 Å². The third kappa shape index (κ3) is 1.86. The molecule has 2 nitrogen and oxygen atoms in total. The van der Waals surface area contributed by atoms with Crippen molar-refractivity contribution in [3.63, 3.8) is 0 Å². The molecule has 0 radical (unpaired) electrons. The van der Waals surface area contributed by atoms with E-state index in [0.717, 1.165) is 13.0 Å². The minimum atomic E-state index is 0.171. The minimum Gasteiger partial charge on any atom is -0.356 e. The van der Waals surface area contributed by atoms with Crippen LogP contribution in [0.2, 0.25) is 0 Å². The van der Waals surface area contributed by atoms with Crippen molar-refractivity contribution in [2.75, 3.05) is 12.4 Å². The molecule has 1 rings (SSSR count). The van der Waals surface area contributed by atoms with E-state index in [1.807, 2.05) is 0 Å². The average molecular weight is 148 g/mol. The van der Waals surface area contributed by atoms with Crippen molar-refractivity contribution < 1.29 is 4.79 Å². The lowest BCUT2D eigenvalue weighted by atomic mass is 10.1. The standard InChI is InChI=1S/C6H10ClNO/c7-2-1-5-3-6(9)8-4-5/h5H,1-4H2,(H,8,9). The van der Waals surface area contributed by atoms with E-state index < -0.39 is 0 Å². The van der Waals surface area contributed by atoms with Gasteiger partial charge in [0.2, 0.25) is 5.91 Å². The number of halogens is 1. The van der Waals surface area contributed by atoms with Gasteiger partial charge in [-0.25, -0.2) is 0 Å². The molecule has 0 aromatic carbocycles. The summed E-state index contributed by atoms with van der Waals surface area (Å²) in [6.07, 6.45) is 1.63. The largest absolute Gasteiger partial charge is 0.356 e. The van der Waals surface area contributed by atoms with Crippen LogP contribution in [-0.4, -0.2) is 18.3 Å². The second-order valence-electron chi connectivity index (χ2n) is 2.35. The van der Waals surface area contributed by atoms with Crippen LogP contribution in [0.5, 0.6) is 0 Å². The number of nitrogens with one attached hydrogen (secondary N) is 1. The van der Waals surface area contributed by atoms with Crippen molar-refractivity contribution in [3.05, 3.63) is 0 Å². The van der Waals surface area contributed by atoms with Gasteiger partial charge >= 0.3 is 0 Å². The summed E-state index contributed by atoms with van der Waals surface area (Å²) in [5.74, 6) is 1.33. The molecule has 1 unspecified atom stereocenters. The van der Waals surface area contributed by atoms with Gasteiger partial charge in [-0.2, -0.15) is 0 Å². The van der Waals surface area contributed by atoms with E-state index >= 15 is 0 Å². The lowest BCUT2D eigenvalue weighted by Gasteiger charge is -2.00. The first-order valence-electron chi connectivity index (χ1n) is 3.15. The summed E-state index contributed by atoms with van der Waals surface area (Å²) < 4.78 is 0. The fourth-order valence-electron chi connectivity index (χ4n) is 1.02. The summed E-state index contributed by atoms with van der Waals surface area (Å²) in [7, 11) is 0. The highest BCUT2D eigenvalue weighted by atomic mass is 35.5. The van der Waals surface area contributed by atoms with Crippen molar-refractivity contribution in [1.82, 2.24) is 5.32 Å². The zero-order valence-corrected chi connectivity index (χ0v) is 5.95. The Balaban J connectivity index is 2.22. The Labute approximate surface area is 59.6 Å². The number of carbonyl (C=O) groups excluding carboxylic acids is 1. The van der Waals surface area contributed by atoms with Crippen molar-refractivity contribution in [1.29, 1.82) is 0 Å². The second-order valence-corrected chi connectivity index (χ2v) is 2.73. The molecule has 1 heterocycles. The number of amides is 1. The summed E-state index contributed by atoms with van der Waals surface area (Å²) >= 11 is 5.49. The topological polar surface area (TPSA) is 29.1 Å². The van der Waals surface area contributed by atoms with Gasteiger partial charge in [-0.1, -0.05) is 0 Å². The van der Waals surface area contributed by atoms with Crippen molar-refractivity contribution in [2.24, 2.45) is 5.92 Å². The van der Waals surface area contributed by atoms with E-state index in [-0.39, 0.29) is 5.91 Å². The maximum Gasteiger partial charge on any atom is 0.220 e. The Morgan fingerprint density at radius 2 is 2.56 bits per heavy atom. The Hall–Kier alpha value is -0.240. The molecule has 0 saturated carbocycles. The van der Waals surface area contributed by atoms with Crippen LogP contribution in [0.1, 0.15) is 12.8 Å². The van der Waals surface area contributed by atoms with Gasteiger partial charge in [0.15, 0.2) is 0 Å². The zero-order chi connectivity index (χ0) is 6.69. The second kappa shape index (κ2) is 3.06. The molecule has 1 fully saturated rings. The molecule has 1 atom stereocenters. The lowest BCUT2D eigenvalue weighted by molar-refractivity contribution is -0.119. The number of rotatable bonds is 2. The summed E-state index contributed by atoms with van der Waals surface area (Å²) in [6, 6.07) is 0. The van der Waals surface area contributed by atoms with Gasteiger partial charge in [0, 0.05) is 18.8 Å². The quantitative estimate of drug-likeness (QED) is 0.574. The van der Waals surface area contributed by atoms with Gasteiger partial charge in [-0.3, -0.25) is 4.79 Å². The Kier molecular flexibility index (Phi) is 2.34. The van der Waals surface area contributed by atoms with Crippen LogP contribution in [0.4, 0.5) is 0 Å². The van der Waals surface area contributed by atoms with Crippen LogP contribution in [0.3, 0.4) is 0 Å². The number of hydrogen-bond acceptors (Lipinski definition) is 1. The van der Waals surface area contributed by atoms with E-state index in [4.69, 9.17) is 11.6 Å². The Morgan fingerprint density at radius 1 is 1.78 bits per heavy atom. The van der Waals surface area contributed by atoms with Crippen molar-refractivity contribution in [2.45, 2.75) is 12.8 Å². The van der Waals surface area contributed by atoms with Gasteiger partial charge in [-0.05, 0) is 12.3 Å². The highest BCUT2D eigenvalue weighted by Crippen LogP contribution is 2.13. The molecule has 1 amide bonds. The lowest BCUT2D eigenvalue weighted by Crippen LogP contribution is -2.13. The maximum atomic E-state index is 10.6. The van der Waals surface area contributed by atoms with Crippen LogP contribution in [0.25, 0.3) is 0 Å². The summed E-state index contributed by atoms with van der Waals surface area (Å²) in [6.45, 7) is 0.825. The molecule has 1 aliphatic rings.